The highest BCUT2D eigenvalue weighted by Gasteiger charge is 2.02. The lowest BCUT2D eigenvalue weighted by Gasteiger charge is -2.11. The van der Waals surface area contributed by atoms with Crippen LogP contribution in [0.2, 0.25) is 0 Å². The van der Waals surface area contributed by atoms with Gasteiger partial charge >= 0.3 is 0 Å². The van der Waals surface area contributed by atoms with E-state index in [0.717, 1.165) is 24.8 Å². The second kappa shape index (κ2) is 5.12. The molecule has 0 amide bonds. The van der Waals surface area contributed by atoms with E-state index in [1.54, 1.807) is 6.20 Å². The third-order valence-electron chi connectivity index (χ3n) is 2.03. The Balaban J connectivity index is 2.30. The number of anilines is 1. The Morgan fingerprint density at radius 3 is 3.00 bits per heavy atom. The van der Waals surface area contributed by atoms with Crippen LogP contribution in [-0.2, 0) is 7.05 Å². The lowest BCUT2D eigenvalue weighted by molar-refractivity contribution is 0.593. The van der Waals surface area contributed by atoms with Gasteiger partial charge in [0, 0.05) is 31.9 Å². The molecule has 0 spiro atoms. The van der Waals surface area contributed by atoms with Crippen LogP contribution in [0.3, 0.4) is 0 Å². The summed E-state index contributed by atoms with van der Waals surface area (Å²) < 4.78 is 1.97. The second-order valence-electron chi connectivity index (χ2n) is 3.33. The van der Waals surface area contributed by atoms with Crippen LogP contribution in [0.5, 0.6) is 0 Å². The van der Waals surface area contributed by atoms with Crippen molar-refractivity contribution in [3.63, 3.8) is 0 Å². The van der Waals surface area contributed by atoms with Gasteiger partial charge in [0.15, 0.2) is 0 Å². The average molecular weight is 202 g/mol. The highest BCUT2D eigenvalue weighted by atomic mass is 35.5. The summed E-state index contributed by atoms with van der Waals surface area (Å²) in [6, 6.07) is 0. The first-order valence-electron chi connectivity index (χ1n) is 4.51. The number of hydrogen-bond donors (Lipinski definition) is 1. The van der Waals surface area contributed by atoms with Gasteiger partial charge in [-0.1, -0.05) is 6.92 Å². The summed E-state index contributed by atoms with van der Waals surface area (Å²) in [5, 5.41) is 3.27. The molecule has 1 rings (SSSR count). The van der Waals surface area contributed by atoms with Gasteiger partial charge in [-0.15, -0.1) is 11.6 Å². The van der Waals surface area contributed by atoms with Gasteiger partial charge in [-0.05, 0) is 12.3 Å². The second-order valence-corrected chi connectivity index (χ2v) is 3.70. The fourth-order valence-corrected chi connectivity index (χ4v) is 1.46. The van der Waals surface area contributed by atoms with E-state index in [-0.39, 0.29) is 0 Å². The molecule has 0 aromatic carbocycles. The minimum Gasteiger partial charge on any atom is -0.355 e. The van der Waals surface area contributed by atoms with Crippen molar-refractivity contribution >= 4 is 17.5 Å². The van der Waals surface area contributed by atoms with Crippen LogP contribution in [0.15, 0.2) is 12.4 Å². The molecule has 3 nitrogen and oxygen atoms in total. The summed E-state index contributed by atoms with van der Waals surface area (Å²) in [6.07, 6.45) is 4.75. The van der Waals surface area contributed by atoms with E-state index in [1.807, 2.05) is 17.8 Å². The average Bonchev–Trinajstić information content (AvgIpc) is 2.48. The van der Waals surface area contributed by atoms with Gasteiger partial charge in [0.1, 0.15) is 0 Å². The number of nitrogens with one attached hydrogen (secondary N) is 1. The smallest absolute Gasteiger partial charge is 0.202 e. The van der Waals surface area contributed by atoms with E-state index in [2.05, 4.69) is 17.2 Å². The lowest BCUT2D eigenvalue weighted by Crippen LogP contribution is -2.14. The number of nitrogens with zero attached hydrogens (tertiary/aromatic N) is 2. The van der Waals surface area contributed by atoms with Crippen molar-refractivity contribution < 1.29 is 0 Å². The molecule has 13 heavy (non-hydrogen) atoms. The summed E-state index contributed by atoms with van der Waals surface area (Å²) in [7, 11) is 1.97. The van der Waals surface area contributed by atoms with Crippen LogP contribution in [0.4, 0.5) is 5.95 Å². The van der Waals surface area contributed by atoms with Crippen molar-refractivity contribution in [1.29, 1.82) is 0 Å². The maximum Gasteiger partial charge on any atom is 0.202 e. The number of aryl methyl sites for hydroxylation is 1. The summed E-state index contributed by atoms with van der Waals surface area (Å²) >= 11 is 5.64. The maximum atomic E-state index is 5.64. The minimum atomic E-state index is 0.592. The van der Waals surface area contributed by atoms with Crippen molar-refractivity contribution in [1.82, 2.24) is 9.55 Å². The SMILES string of the molecule is CC(CCCl)CNc1nccn1C. The molecular weight excluding hydrogens is 186 g/mol. The summed E-state index contributed by atoms with van der Waals surface area (Å²) in [5.74, 6) is 2.24. The maximum absolute atomic E-state index is 5.64. The predicted octanol–water partition coefficient (Wildman–Crippen LogP) is 2.10. The highest BCUT2D eigenvalue weighted by Crippen LogP contribution is 2.06. The van der Waals surface area contributed by atoms with E-state index in [1.165, 1.54) is 0 Å². The van der Waals surface area contributed by atoms with Crippen LogP contribution in [0, 0.1) is 5.92 Å². The van der Waals surface area contributed by atoms with E-state index < -0.39 is 0 Å². The van der Waals surface area contributed by atoms with Crippen molar-refractivity contribution in [3.8, 4) is 0 Å². The Hall–Kier alpha value is -0.700. The van der Waals surface area contributed by atoms with Crippen molar-refractivity contribution in [2.24, 2.45) is 13.0 Å². The molecule has 0 saturated carbocycles. The molecule has 1 unspecified atom stereocenters. The number of aromatic nitrogens is 2. The van der Waals surface area contributed by atoms with Crippen molar-refractivity contribution in [2.75, 3.05) is 17.7 Å². The third kappa shape index (κ3) is 3.27. The molecule has 0 aliphatic heterocycles. The molecule has 1 aromatic rings. The number of rotatable bonds is 5. The zero-order valence-corrected chi connectivity index (χ0v) is 8.88. The van der Waals surface area contributed by atoms with Gasteiger partial charge in [0.05, 0.1) is 0 Å². The molecule has 0 saturated heterocycles. The first-order valence-corrected chi connectivity index (χ1v) is 5.04. The van der Waals surface area contributed by atoms with Crippen LogP contribution in [0.25, 0.3) is 0 Å². The first kappa shape index (κ1) is 10.4. The number of hydrogen-bond acceptors (Lipinski definition) is 2. The molecule has 1 N–H and O–H groups in total. The van der Waals surface area contributed by atoms with Gasteiger partial charge in [-0.3, -0.25) is 0 Å². The van der Waals surface area contributed by atoms with Crippen LogP contribution >= 0.6 is 11.6 Å². The van der Waals surface area contributed by atoms with Gasteiger partial charge in [-0.2, -0.15) is 0 Å². The van der Waals surface area contributed by atoms with Crippen molar-refractivity contribution in [3.05, 3.63) is 12.4 Å². The number of alkyl halides is 1. The Labute approximate surface area is 84.1 Å². The fourth-order valence-electron chi connectivity index (χ4n) is 1.09. The molecule has 4 heteroatoms. The topological polar surface area (TPSA) is 29.9 Å². The number of halogens is 1. The van der Waals surface area contributed by atoms with E-state index in [0.29, 0.717) is 5.92 Å². The molecule has 1 aromatic heterocycles. The standard InChI is InChI=1S/C9H16ClN3/c1-8(3-4-10)7-12-9-11-5-6-13(9)2/h5-6,8H,3-4,7H2,1-2H3,(H,11,12). The Morgan fingerprint density at radius 2 is 2.46 bits per heavy atom. The molecule has 74 valence electrons. The lowest BCUT2D eigenvalue weighted by atomic mass is 10.1. The molecule has 0 aliphatic rings. The van der Waals surface area contributed by atoms with Crippen LogP contribution in [0.1, 0.15) is 13.3 Å². The van der Waals surface area contributed by atoms with Crippen LogP contribution < -0.4 is 5.32 Å². The van der Waals surface area contributed by atoms with Gasteiger partial charge in [-0.25, -0.2) is 4.98 Å². The monoisotopic (exact) mass is 201 g/mol. The van der Waals surface area contributed by atoms with E-state index in [4.69, 9.17) is 11.6 Å². The Bertz CT molecular complexity index is 247. The molecule has 1 heterocycles. The first-order chi connectivity index (χ1) is 6.24. The molecule has 0 fully saturated rings. The Morgan fingerprint density at radius 1 is 1.69 bits per heavy atom. The van der Waals surface area contributed by atoms with E-state index >= 15 is 0 Å². The molecular formula is C9H16ClN3. The molecule has 0 aliphatic carbocycles. The van der Waals surface area contributed by atoms with E-state index in [9.17, 15) is 0 Å². The van der Waals surface area contributed by atoms with Gasteiger partial charge < -0.3 is 9.88 Å². The number of imidazole rings is 1. The fraction of sp³-hybridized carbons (Fsp3) is 0.667. The van der Waals surface area contributed by atoms with Gasteiger partial charge in [0.25, 0.3) is 0 Å². The molecule has 0 bridgehead atoms. The van der Waals surface area contributed by atoms with Crippen molar-refractivity contribution in [2.45, 2.75) is 13.3 Å². The molecule has 0 radical (unpaired) electrons. The quantitative estimate of drug-likeness (QED) is 0.740. The summed E-state index contributed by atoms with van der Waals surface area (Å²) in [5.41, 5.74) is 0. The zero-order chi connectivity index (χ0) is 9.68. The largest absolute Gasteiger partial charge is 0.355 e. The normalized spacial score (nSPS) is 12.8. The summed E-state index contributed by atoms with van der Waals surface area (Å²) in [4.78, 5) is 4.17. The Kier molecular flexibility index (Phi) is 4.09. The predicted molar refractivity (Wildman–Crippen MR) is 56.2 cm³/mol. The summed E-state index contributed by atoms with van der Waals surface area (Å²) in [6.45, 7) is 3.11. The third-order valence-corrected chi connectivity index (χ3v) is 2.25. The van der Waals surface area contributed by atoms with Crippen LogP contribution in [-0.4, -0.2) is 22.0 Å². The zero-order valence-electron chi connectivity index (χ0n) is 8.13. The van der Waals surface area contributed by atoms with Gasteiger partial charge in [0.2, 0.25) is 5.95 Å². The highest BCUT2D eigenvalue weighted by molar-refractivity contribution is 6.17. The minimum absolute atomic E-state index is 0.592. The molecule has 1 atom stereocenters.